The molecule has 1 aliphatic heterocycles. The highest BCUT2D eigenvalue weighted by Gasteiger charge is 2.23. The standard InChI is InChI=1S/C15H17N3O4/c1-9-8-22-6-5-18(9)13-14(19)17-11-4-3-10(15(20)21-2)7-12(11)16-13/h3-4,7,9H,5-6,8H2,1-2H3,(H,17,19). The summed E-state index contributed by atoms with van der Waals surface area (Å²) in [6, 6.07) is 4.94. The maximum Gasteiger partial charge on any atom is 0.337 e. The number of H-pyrrole nitrogens is 1. The van der Waals surface area contributed by atoms with Crippen LogP contribution in [0.25, 0.3) is 11.0 Å². The van der Waals surface area contributed by atoms with Crippen LogP contribution in [0.3, 0.4) is 0 Å². The molecule has 0 aliphatic carbocycles. The Morgan fingerprint density at radius 3 is 3.05 bits per heavy atom. The molecule has 1 saturated heterocycles. The van der Waals surface area contributed by atoms with Crippen molar-refractivity contribution in [1.29, 1.82) is 0 Å². The molecule has 0 amide bonds. The maximum atomic E-state index is 12.3. The Hall–Kier alpha value is -2.41. The van der Waals surface area contributed by atoms with Gasteiger partial charge >= 0.3 is 5.97 Å². The van der Waals surface area contributed by atoms with Crippen molar-refractivity contribution in [2.75, 3.05) is 31.8 Å². The number of aromatic amines is 1. The highest BCUT2D eigenvalue weighted by molar-refractivity contribution is 5.93. The molecule has 0 bridgehead atoms. The van der Waals surface area contributed by atoms with Crippen LogP contribution in [0.1, 0.15) is 17.3 Å². The van der Waals surface area contributed by atoms with Gasteiger partial charge in [0.25, 0.3) is 5.56 Å². The van der Waals surface area contributed by atoms with E-state index < -0.39 is 5.97 Å². The van der Waals surface area contributed by atoms with E-state index in [2.05, 4.69) is 9.97 Å². The Labute approximate surface area is 126 Å². The summed E-state index contributed by atoms with van der Waals surface area (Å²) >= 11 is 0. The number of methoxy groups -OCH3 is 1. The molecule has 1 N–H and O–H groups in total. The number of nitrogens with one attached hydrogen (secondary N) is 1. The van der Waals surface area contributed by atoms with Gasteiger partial charge in [0.05, 0.1) is 43.0 Å². The Morgan fingerprint density at radius 1 is 1.50 bits per heavy atom. The quantitative estimate of drug-likeness (QED) is 0.831. The average molecular weight is 303 g/mol. The number of morpholine rings is 1. The van der Waals surface area contributed by atoms with Crippen molar-refractivity contribution in [3.8, 4) is 0 Å². The average Bonchev–Trinajstić information content (AvgIpc) is 2.54. The summed E-state index contributed by atoms with van der Waals surface area (Å²) in [7, 11) is 1.33. The molecule has 0 spiro atoms. The lowest BCUT2D eigenvalue weighted by Gasteiger charge is -2.33. The number of nitrogens with zero attached hydrogens (tertiary/aromatic N) is 2. The second kappa shape index (κ2) is 5.76. The van der Waals surface area contributed by atoms with Crippen LogP contribution in [0.15, 0.2) is 23.0 Å². The van der Waals surface area contributed by atoms with Gasteiger partial charge in [-0.25, -0.2) is 9.78 Å². The van der Waals surface area contributed by atoms with Crippen LogP contribution in [0.5, 0.6) is 0 Å². The highest BCUT2D eigenvalue weighted by Crippen LogP contribution is 2.17. The summed E-state index contributed by atoms with van der Waals surface area (Å²) < 4.78 is 10.1. The number of carbonyl (C=O) groups excluding carboxylic acids is 1. The van der Waals surface area contributed by atoms with E-state index in [1.807, 2.05) is 11.8 Å². The van der Waals surface area contributed by atoms with Crippen molar-refractivity contribution in [3.63, 3.8) is 0 Å². The lowest BCUT2D eigenvalue weighted by Crippen LogP contribution is -2.46. The number of ether oxygens (including phenoxy) is 2. The van der Waals surface area contributed by atoms with Crippen molar-refractivity contribution in [2.45, 2.75) is 13.0 Å². The molecule has 2 aromatic rings. The molecular weight excluding hydrogens is 286 g/mol. The second-order valence-electron chi connectivity index (χ2n) is 5.23. The van der Waals surface area contributed by atoms with Crippen LogP contribution in [0.4, 0.5) is 5.82 Å². The van der Waals surface area contributed by atoms with Gasteiger partial charge in [-0.2, -0.15) is 0 Å². The van der Waals surface area contributed by atoms with Gasteiger partial charge in [0, 0.05) is 6.54 Å². The number of carbonyl (C=O) groups is 1. The zero-order valence-electron chi connectivity index (χ0n) is 12.5. The van der Waals surface area contributed by atoms with E-state index in [1.54, 1.807) is 18.2 Å². The minimum Gasteiger partial charge on any atom is -0.465 e. The molecule has 1 aromatic heterocycles. The summed E-state index contributed by atoms with van der Waals surface area (Å²) in [5.74, 6) is -0.0819. The fraction of sp³-hybridized carbons (Fsp3) is 0.400. The van der Waals surface area contributed by atoms with Crippen LogP contribution in [0, 0.1) is 0 Å². The van der Waals surface area contributed by atoms with Gasteiger partial charge in [0.15, 0.2) is 5.82 Å². The van der Waals surface area contributed by atoms with E-state index in [4.69, 9.17) is 9.47 Å². The third-order valence-electron chi connectivity index (χ3n) is 3.74. The molecular formula is C15H17N3O4. The number of aromatic nitrogens is 2. The van der Waals surface area contributed by atoms with E-state index in [0.717, 1.165) is 0 Å². The molecule has 1 aliphatic rings. The van der Waals surface area contributed by atoms with Gasteiger partial charge in [0.1, 0.15) is 0 Å². The fourth-order valence-electron chi connectivity index (χ4n) is 2.55. The molecule has 3 rings (SSSR count). The number of benzene rings is 1. The van der Waals surface area contributed by atoms with Gasteiger partial charge in [-0.15, -0.1) is 0 Å². The highest BCUT2D eigenvalue weighted by atomic mass is 16.5. The molecule has 0 saturated carbocycles. The van der Waals surface area contributed by atoms with Gasteiger partial charge in [-0.3, -0.25) is 4.79 Å². The Bertz CT molecular complexity index is 771. The predicted molar refractivity (Wildman–Crippen MR) is 81.3 cm³/mol. The fourth-order valence-corrected chi connectivity index (χ4v) is 2.55. The number of hydrogen-bond acceptors (Lipinski definition) is 6. The Balaban J connectivity index is 2.09. The van der Waals surface area contributed by atoms with Crippen molar-refractivity contribution in [1.82, 2.24) is 9.97 Å². The number of anilines is 1. The Morgan fingerprint density at radius 2 is 2.32 bits per heavy atom. The molecule has 0 radical (unpaired) electrons. The SMILES string of the molecule is COC(=O)c1ccc2[nH]c(=O)c(N3CCOCC3C)nc2c1. The summed E-state index contributed by atoms with van der Waals surface area (Å²) in [5, 5.41) is 0. The molecule has 2 heterocycles. The molecule has 22 heavy (non-hydrogen) atoms. The van der Waals surface area contributed by atoms with Crippen LogP contribution in [0.2, 0.25) is 0 Å². The second-order valence-corrected chi connectivity index (χ2v) is 5.23. The first-order valence-electron chi connectivity index (χ1n) is 7.07. The molecule has 7 nitrogen and oxygen atoms in total. The lowest BCUT2D eigenvalue weighted by molar-refractivity contribution is 0.0601. The maximum absolute atomic E-state index is 12.3. The van der Waals surface area contributed by atoms with Gasteiger partial charge < -0.3 is 19.4 Å². The Kier molecular flexibility index (Phi) is 3.81. The summed E-state index contributed by atoms with van der Waals surface area (Å²) in [6.07, 6.45) is 0. The van der Waals surface area contributed by atoms with Crippen molar-refractivity contribution >= 4 is 22.8 Å². The van der Waals surface area contributed by atoms with E-state index in [0.29, 0.717) is 42.2 Å². The monoisotopic (exact) mass is 303 g/mol. The molecule has 1 atom stereocenters. The number of fused-ring (bicyclic) bond motifs is 1. The number of hydrogen-bond donors (Lipinski definition) is 1. The molecule has 1 fully saturated rings. The zero-order chi connectivity index (χ0) is 15.7. The molecule has 1 aromatic carbocycles. The van der Waals surface area contributed by atoms with E-state index >= 15 is 0 Å². The van der Waals surface area contributed by atoms with E-state index in [-0.39, 0.29) is 11.6 Å². The normalized spacial score (nSPS) is 18.5. The smallest absolute Gasteiger partial charge is 0.337 e. The largest absolute Gasteiger partial charge is 0.465 e. The third-order valence-corrected chi connectivity index (χ3v) is 3.74. The van der Waals surface area contributed by atoms with Crippen LogP contribution in [-0.2, 0) is 9.47 Å². The third kappa shape index (κ3) is 2.55. The summed E-state index contributed by atoms with van der Waals surface area (Å²) in [6.45, 7) is 3.71. The first-order chi connectivity index (χ1) is 10.6. The van der Waals surface area contributed by atoms with E-state index in [9.17, 15) is 9.59 Å². The predicted octanol–water partition coefficient (Wildman–Crippen LogP) is 0.935. The van der Waals surface area contributed by atoms with Crippen molar-refractivity contribution in [2.24, 2.45) is 0 Å². The van der Waals surface area contributed by atoms with Crippen LogP contribution < -0.4 is 10.5 Å². The number of esters is 1. The van der Waals surface area contributed by atoms with E-state index in [1.165, 1.54) is 7.11 Å². The van der Waals surface area contributed by atoms with Crippen LogP contribution in [-0.4, -0.2) is 48.8 Å². The minimum absolute atomic E-state index is 0.0728. The summed E-state index contributed by atoms with van der Waals surface area (Å²) in [5.41, 5.74) is 1.29. The molecule has 7 heteroatoms. The number of rotatable bonds is 2. The van der Waals surface area contributed by atoms with Gasteiger partial charge in [-0.1, -0.05) is 0 Å². The minimum atomic E-state index is -0.434. The van der Waals surface area contributed by atoms with Crippen molar-refractivity contribution in [3.05, 3.63) is 34.1 Å². The summed E-state index contributed by atoms with van der Waals surface area (Å²) in [4.78, 5) is 33.1. The topological polar surface area (TPSA) is 84.5 Å². The first kappa shape index (κ1) is 14.5. The lowest BCUT2D eigenvalue weighted by atomic mass is 10.2. The molecule has 116 valence electrons. The zero-order valence-corrected chi connectivity index (χ0v) is 12.5. The first-order valence-corrected chi connectivity index (χ1v) is 7.07. The van der Waals surface area contributed by atoms with Crippen molar-refractivity contribution < 1.29 is 14.3 Å². The molecule has 1 unspecified atom stereocenters. The van der Waals surface area contributed by atoms with Gasteiger partial charge in [-0.05, 0) is 25.1 Å². The van der Waals surface area contributed by atoms with Crippen LogP contribution >= 0.6 is 0 Å². The van der Waals surface area contributed by atoms with Gasteiger partial charge in [0.2, 0.25) is 0 Å².